The predicted molar refractivity (Wildman–Crippen MR) is 123 cm³/mol. The number of guanidine groups is 1. The number of carbonyl (C=O) groups is 1. The van der Waals surface area contributed by atoms with Gasteiger partial charge in [-0.25, -0.2) is 4.68 Å². The fourth-order valence-electron chi connectivity index (χ4n) is 4.69. The molecular weight excluding hydrogens is 388 g/mol. The van der Waals surface area contributed by atoms with E-state index in [9.17, 15) is 4.79 Å². The Labute approximate surface area is 184 Å². The van der Waals surface area contributed by atoms with Crippen LogP contribution >= 0.6 is 0 Å². The van der Waals surface area contributed by atoms with E-state index in [0.29, 0.717) is 12.5 Å². The van der Waals surface area contributed by atoms with Gasteiger partial charge in [-0.1, -0.05) is 37.5 Å². The zero-order chi connectivity index (χ0) is 21.6. The number of aromatic nitrogens is 2. The first kappa shape index (κ1) is 21.4. The van der Waals surface area contributed by atoms with Crippen LogP contribution in [0.1, 0.15) is 49.8 Å². The number of nitrogens with zero attached hydrogens (tertiary/aromatic N) is 4. The Bertz CT molecular complexity index is 914. The highest BCUT2D eigenvalue weighted by Gasteiger charge is 2.31. The van der Waals surface area contributed by atoms with Crippen molar-refractivity contribution in [3.8, 4) is 5.69 Å². The summed E-state index contributed by atoms with van der Waals surface area (Å²) < 4.78 is 1.91. The number of aryl methyl sites for hydroxylation is 1. The van der Waals surface area contributed by atoms with Crippen molar-refractivity contribution >= 4 is 11.9 Å². The largest absolute Gasteiger partial charge is 0.352 e. The number of amides is 1. The molecule has 1 amide bonds. The average molecular weight is 423 g/mol. The van der Waals surface area contributed by atoms with E-state index in [0.717, 1.165) is 55.3 Å². The third kappa shape index (κ3) is 5.27. The van der Waals surface area contributed by atoms with Crippen molar-refractivity contribution in [3.05, 3.63) is 47.8 Å². The number of likely N-dealkylation sites (tertiary alicyclic amines) is 1. The van der Waals surface area contributed by atoms with Crippen LogP contribution in [0.3, 0.4) is 0 Å². The van der Waals surface area contributed by atoms with E-state index in [4.69, 9.17) is 0 Å². The molecule has 1 aromatic carbocycles. The van der Waals surface area contributed by atoms with Gasteiger partial charge in [0.1, 0.15) is 0 Å². The van der Waals surface area contributed by atoms with Crippen molar-refractivity contribution in [1.29, 1.82) is 0 Å². The van der Waals surface area contributed by atoms with Gasteiger partial charge < -0.3 is 15.5 Å². The Morgan fingerprint density at radius 3 is 2.71 bits per heavy atom. The van der Waals surface area contributed by atoms with Crippen molar-refractivity contribution in [2.24, 2.45) is 10.9 Å². The van der Waals surface area contributed by atoms with E-state index in [1.165, 1.54) is 19.3 Å². The van der Waals surface area contributed by atoms with Crippen LogP contribution in [0, 0.1) is 12.8 Å². The van der Waals surface area contributed by atoms with Crippen LogP contribution in [0.5, 0.6) is 0 Å². The summed E-state index contributed by atoms with van der Waals surface area (Å²) >= 11 is 0. The van der Waals surface area contributed by atoms with Gasteiger partial charge in [0.2, 0.25) is 5.91 Å². The van der Waals surface area contributed by atoms with Crippen LogP contribution in [-0.4, -0.2) is 52.7 Å². The second-order valence-corrected chi connectivity index (χ2v) is 8.71. The molecule has 1 saturated carbocycles. The molecule has 0 radical (unpaired) electrons. The molecule has 1 unspecified atom stereocenters. The molecule has 2 N–H and O–H groups in total. The van der Waals surface area contributed by atoms with Crippen molar-refractivity contribution < 1.29 is 4.79 Å². The number of nitrogens with one attached hydrogen (secondary N) is 2. The summed E-state index contributed by atoms with van der Waals surface area (Å²) in [5.41, 5.74) is 3.20. The topological polar surface area (TPSA) is 74.6 Å². The maximum Gasteiger partial charge on any atom is 0.225 e. The molecule has 2 aliphatic rings. The molecule has 166 valence electrons. The van der Waals surface area contributed by atoms with Crippen LogP contribution in [0.4, 0.5) is 0 Å². The quantitative estimate of drug-likeness (QED) is 0.574. The van der Waals surface area contributed by atoms with Gasteiger partial charge >= 0.3 is 0 Å². The Balaban J connectivity index is 1.31. The van der Waals surface area contributed by atoms with Crippen LogP contribution in [-0.2, 0) is 11.3 Å². The number of carbonyl (C=O) groups excluding carboxylic acids is 1. The van der Waals surface area contributed by atoms with Gasteiger partial charge in [0.15, 0.2) is 5.96 Å². The second kappa shape index (κ2) is 9.98. The molecule has 0 bridgehead atoms. The summed E-state index contributed by atoms with van der Waals surface area (Å²) in [5.74, 6) is 1.37. The first-order valence-corrected chi connectivity index (χ1v) is 11.5. The zero-order valence-corrected chi connectivity index (χ0v) is 18.7. The molecule has 1 atom stereocenters. The molecule has 2 fully saturated rings. The number of hydrogen-bond acceptors (Lipinski definition) is 3. The van der Waals surface area contributed by atoms with E-state index in [1.54, 1.807) is 7.05 Å². The maximum absolute atomic E-state index is 12.8. The third-order valence-corrected chi connectivity index (χ3v) is 6.43. The van der Waals surface area contributed by atoms with Gasteiger partial charge in [0, 0.05) is 44.8 Å². The molecule has 4 rings (SSSR count). The highest BCUT2D eigenvalue weighted by Crippen LogP contribution is 2.26. The summed E-state index contributed by atoms with van der Waals surface area (Å²) in [5, 5.41) is 11.5. The lowest BCUT2D eigenvalue weighted by atomic mass is 9.88. The summed E-state index contributed by atoms with van der Waals surface area (Å²) in [4.78, 5) is 19.3. The summed E-state index contributed by atoms with van der Waals surface area (Å²) in [6.45, 7) is 4.24. The van der Waals surface area contributed by atoms with Crippen LogP contribution in [0.15, 0.2) is 41.5 Å². The Morgan fingerprint density at radius 2 is 1.97 bits per heavy atom. The van der Waals surface area contributed by atoms with Gasteiger partial charge in [-0.15, -0.1) is 0 Å². The minimum atomic E-state index is 0.239. The minimum absolute atomic E-state index is 0.239. The molecule has 7 heteroatoms. The van der Waals surface area contributed by atoms with Gasteiger partial charge in [-0.05, 0) is 43.9 Å². The molecule has 2 aromatic rings. The SMILES string of the molecule is CN=C(NCc1ccccc1-n1ccc(C)n1)NC1CCN(C(=O)C2CCCCC2)C1. The molecule has 1 aliphatic carbocycles. The smallest absolute Gasteiger partial charge is 0.225 e. The Hall–Kier alpha value is -2.83. The lowest BCUT2D eigenvalue weighted by molar-refractivity contribution is -0.135. The van der Waals surface area contributed by atoms with E-state index in [1.807, 2.05) is 36.0 Å². The lowest BCUT2D eigenvalue weighted by Crippen LogP contribution is -2.45. The Kier molecular flexibility index (Phi) is 6.89. The summed E-state index contributed by atoms with van der Waals surface area (Å²) in [7, 11) is 1.79. The van der Waals surface area contributed by atoms with Gasteiger partial charge in [0.05, 0.1) is 11.4 Å². The number of aliphatic imine (C=N–C) groups is 1. The predicted octanol–water partition coefficient (Wildman–Crippen LogP) is 3.03. The normalized spacial score (nSPS) is 20.1. The van der Waals surface area contributed by atoms with E-state index in [-0.39, 0.29) is 12.0 Å². The molecule has 1 aliphatic heterocycles. The third-order valence-electron chi connectivity index (χ3n) is 6.43. The molecule has 1 saturated heterocycles. The number of hydrogen-bond donors (Lipinski definition) is 2. The molecule has 0 spiro atoms. The van der Waals surface area contributed by atoms with Gasteiger partial charge in [-0.3, -0.25) is 9.79 Å². The van der Waals surface area contributed by atoms with Crippen molar-refractivity contribution in [1.82, 2.24) is 25.3 Å². The van der Waals surface area contributed by atoms with E-state index in [2.05, 4.69) is 37.8 Å². The summed E-state index contributed by atoms with van der Waals surface area (Å²) in [6.07, 6.45) is 8.74. The zero-order valence-electron chi connectivity index (χ0n) is 18.7. The van der Waals surface area contributed by atoms with Gasteiger partial charge in [0.25, 0.3) is 0 Å². The summed E-state index contributed by atoms with van der Waals surface area (Å²) in [6, 6.07) is 10.5. The molecule has 1 aromatic heterocycles. The number of benzene rings is 1. The number of rotatable bonds is 5. The van der Waals surface area contributed by atoms with Gasteiger partial charge in [-0.2, -0.15) is 5.10 Å². The fourth-order valence-corrected chi connectivity index (χ4v) is 4.69. The van der Waals surface area contributed by atoms with Crippen LogP contribution in [0.25, 0.3) is 5.69 Å². The molecular formula is C24H34N6O. The molecule has 31 heavy (non-hydrogen) atoms. The maximum atomic E-state index is 12.8. The van der Waals surface area contributed by atoms with Crippen molar-refractivity contribution in [2.45, 2.75) is 58.0 Å². The first-order valence-electron chi connectivity index (χ1n) is 11.5. The highest BCUT2D eigenvalue weighted by molar-refractivity contribution is 5.81. The van der Waals surface area contributed by atoms with Crippen LogP contribution < -0.4 is 10.6 Å². The van der Waals surface area contributed by atoms with Crippen molar-refractivity contribution in [3.63, 3.8) is 0 Å². The van der Waals surface area contributed by atoms with E-state index < -0.39 is 0 Å². The molecule has 7 nitrogen and oxygen atoms in total. The van der Waals surface area contributed by atoms with Crippen molar-refractivity contribution in [2.75, 3.05) is 20.1 Å². The highest BCUT2D eigenvalue weighted by atomic mass is 16.2. The van der Waals surface area contributed by atoms with E-state index >= 15 is 0 Å². The minimum Gasteiger partial charge on any atom is -0.352 e. The monoisotopic (exact) mass is 422 g/mol. The standard InChI is InChI=1S/C24H34N6O/c1-18-12-15-30(28-18)22-11-7-6-10-20(22)16-26-24(25-2)27-21-13-14-29(17-21)23(31)19-8-4-3-5-9-19/h6-7,10-12,15,19,21H,3-5,8-9,13-14,16-17H2,1-2H3,(H2,25,26,27). The Morgan fingerprint density at radius 1 is 1.16 bits per heavy atom. The number of para-hydroxylation sites is 1. The first-order chi connectivity index (χ1) is 15.1. The van der Waals surface area contributed by atoms with Crippen LogP contribution in [0.2, 0.25) is 0 Å². The molecule has 2 heterocycles. The lowest BCUT2D eigenvalue weighted by Gasteiger charge is -2.26. The average Bonchev–Trinajstić information content (AvgIpc) is 3.46. The fraction of sp³-hybridized carbons (Fsp3) is 0.542. The second-order valence-electron chi connectivity index (χ2n) is 8.71.